The first-order valence-corrected chi connectivity index (χ1v) is 7.09. The molecule has 0 aromatic heterocycles. The van der Waals surface area contributed by atoms with Gasteiger partial charge in [0.2, 0.25) is 11.8 Å². The molecule has 1 saturated heterocycles. The molecule has 2 aliphatic rings. The summed E-state index contributed by atoms with van der Waals surface area (Å²) in [6.45, 7) is 0. The normalized spacial score (nSPS) is 22.3. The molecule has 3 rings (SSSR count). The number of hydrogen-bond donors (Lipinski definition) is 0. The van der Waals surface area contributed by atoms with Gasteiger partial charge in [-0.3, -0.25) is 14.5 Å². The molecule has 0 atom stereocenters. The van der Waals surface area contributed by atoms with Crippen LogP contribution in [0.2, 0.25) is 5.02 Å². The SMILES string of the molecule is O=C1CC2(CCCC2)CC(=O)N1c1ccc(Cl)cc1. The van der Waals surface area contributed by atoms with E-state index in [2.05, 4.69) is 0 Å². The van der Waals surface area contributed by atoms with Crippen molar-refractivity contribution < 1.29 is 9.59 Å². The lowest BCUT2D eigenvalue weighted by Gasteiger charge is -2.37. The Bertz CT molecular complexity index is 497. The maximum atomic E-state index is 12.3. The van der Waals surface area contributed by atoms with Crippen molar-refractivity contribution in [1.29, 1.82) is 0 Å². The number of amides is 2. The van der Waals surface area contributed by atoms with Crippen LogP contribution in [0, 0.1) is 5.41 Å². The molecule has 1 aromatic carbocycles. The number of anilines is 1. The van der Waals surface area contributed by atoms with E-state index in [1.807, 2.05) is 0 Å². The van der Waals surface area contributed by atoms with Crippen molar-refractivity contribution in [3.63, 3.8) is 0 Å². The van der Waals surface area contributed by atoms with Gasteiger partial charge in [0.15, 0.2) is 0 Å². The second-order valence-electron chi connectivity index (χ2n) is 5.66. The summed E-state index contributed by atoms with van der Waals surface area (Å²) in [7, 11) is 0. The van der Waals surface area contributed by atoms with Crippen LogP contribution in [0.1, 0.15) is 38.5 Å². The lowest BCUT2D eigenvalue weighted by atomic mass is 9.76. The zero-order chi connectivity index (χ0) is 13.5. The maximum absolute atomic E-state index is 12.3. The minimum Gasteiger partial charge on any atom is -0.274 e. The van der Waals surface area contributed by atoms with Gasteiger partial charge >= 0.3 is 0 Å². The molecule has 4 heteroatoms. The first kappa shape index (κ1) is 12.7. The predicted molar refractivity (Wildman–Crippen MR) is 74.1 cm³/mol. The fraction of sp³-hybridized carbons (Fsp3) is 0.467. The third kappa shape index (κ3) is 2.27. The van der Waals surface area contributed by atoms with Gasteiger partial charge in [0, 0.05) is 17.9 Å². The van der Waals surface area contributed by atoms with Gasteiger partial charge in [-0.15, -0.1) is 0 Å². The van der Waals surface area contributed by atoms with E-state index >= 15 is 0 Å². The monoisotopic (exact) mass is 277 g/mol. The Morgan fingerprint density at radius 3 is 2.00 bits per heavy atom. The molecule has 100 valence electrons. The maximum Gasteiger partial charge on any atom is 0.234 e. The molecule has 0 radical (unpaired) electrons. The molecule has 0 bridgehead atoms. The van der Waals surface area contributed by atoms with Gasteiger partial charge in [-0.05, 0) is 42.5 Å². The molecular weight excluding hydrogens is 262 g/mol. The summed E-state index contributed by atoms with van der Waals surface area (Å²) in [6.07, 6.45) is 5.31. The van der Waals surface area contributed by atoms with Crippen LogP contribution in [0.5, 0.6) is 0 Å². The van der Waals surface area contributed by atoms with E-state index < -0.39 is 0 Å². The molecular formula is C15H16ClNO2. The Hall–Kier alpha value is -1.35. The van der Waals surface area contributed by atoms with Crippen LogP contribution in [0.25, 0.3) is 0 Å². The van der Waals surface area contributed by atoms with Crippen LogP contribution in [0.4, 0.5) is 5.69 Å². The van der Waals surface area contributed by atoms with Crippen LogP contribution in [-0.2, 0) is 9.59 Å². The van der Waals surface area contributed by atoms with Gasteiger partial charge in [0.25, 0.3) is 0 Å². The number of imide groups is 1. The Balaban J connectivity index is 1.86. The first-order valence-electron chi connectivity index (χ1n) is 6.71. The number of nitrogens with zero attached hydrogens (tertiary/aromatic N) is 1. The molecule has 1 spiro atoms. The van der Waals surface area contributed by atoms with Crippen LogP contribution in [0.3, 0.4) is 0 Å². The van der Waals surface area contributed by atoms with E-state index in [0.717, 1.165) is 25.7 Å². The molecule has 2 amide bonds. The van der Waals surface area contributed by atoms with Gasteiger partial charge in [0.05, 0.1) is 5.69 Å². The second-order valence-corrected chi connectivity index (χ2v) is 6.10. The molecule has 0 unspecified atom stereocenters. The van der Waals surface area contributed by atoms with Gasteiger partial charge in [-0.1, -0.05) is 24.4 Å². The second kappa shape index (κ2) is 4.64. The van der Waals surface area contributed by atoms with E-state index in [1.165, 1.54) is 4.90 Å². The first-order chi connectivity index (χ1) is 9.10. The van der Waals surface area contributed by atoms with Gasteiger partial charge in [-0.2, -0.15) is 0 Å². The molecule has 2 fully saturated rings. The summed E-state index contributed by atoms with van der Waals surface area (Å²) in [4.78, 5) is 26.0. The lowest BCUT2D eigenvalue weighted by Crippen LogP contribution is -2.47. The number of benzene rings is 1. The van der Waals surface area contributed by atoms with Crippen LogP contribution in [-0.4, -0.2) is 11.8 Å². The van der Waals surface area contributed by atoms with E-state index in [-0.39, 0.29) is 17.2 Å². The van der Waals surface area contributed by atoms with Crippen LogP contribution >= 0.6 is 11.6 Å². The summed E-state index contributed by atoms with van der Waals surface area (Å²) in [5.41, 5.74) is 0.587. The molecule has 3 nitrogen and oxygen atoms in total. The topological polar surface area (TPSA) is 37.4 Å². The summed E-state index contributed by atoms with van der Waals surface area (Å²) in [5, 5.41) is 0.605. The highest BCUT2D eigenvalue weighted by Crippen LogP contribution is 2.47. The van der Waals surface area contributed by atoms with Crippen molar-refractivity contribution in [1.82, 2.24) is 0 Å². The Morgan fingerprint density at radius 1 is 0.947 bits per heavy atom. The van der Waals surface area contributed by atoms with E-state index in [9.17, 15) is 9.59 Å². The predicted octanol–water partition coefficient (Wildman–Crippen LogP) is 3.55. The van der Waals surface area contributed by atoms with Crippen molar-refractivity contribution in [2.24, 2.45) is 5.41 Å². The van der Waals surface area contributed by atoms with E-state index in [0.29, 0.717) is 23.6 Å². The average Bonchev–Trinajstić information content (AvgIpc) is 2.78. The highest BCUT2D eigenvalue weighted by atomic mass is 35.5. The van der Waals surface area contributed by atoms with Crippen molar-refractivity contribution in [2.45, 2.75) is 38.5 Å². The highest BCUT2D eigenvalue weighted by molar-refractivity contribution is 6.30. The van der Waals surface area contributed by atoms with Crippen molar-refractivity contribution in [3.8, 4) is 0 Å². The van der Waals surface area contributed by atoms with Crippen LogP contribution < -0.4 is 4.90 Å². The quantitative estimate of drug-likeness (QED) is 0.736. The van der Waals surface area contributed by atoms with Crippen molar-refractivity contribution in [2.75, 3.05) is 4.90 Å². The molecule has 1 saturated carbocycles. The zero-order valence-corrected chi connectivity index (χ0v) is 11.4. The Labute approximate surface area is 117 Å². The molecule has 1 aliphatic heterocycles. The van der Waals surface area contributed by atoms with E-state index in [4.69, 9.17) is 11.6 Å². The standard InChI is InChI=1S/C15H16ClNO2/c16-11-3-5-12(6-4-11)17-13(18)9-15(10-14(17)19)7-1-2-8-15/h3-6H,1-2,7-10H2. The van der Waals surface area contributed by atoms with Gasteiger partial charge in [-0.25, -0.2) is 0 Å². The fourth-order valence-electron chi connectivity index (χ4n) is 3.36. The summed E-state index contributed by atoms with van der Waals surface area (Å²) >= 11 is 5.83. The fourth-order valence-corrected chi connectivity index (χ4v) is 3.48. The Morgan fingerprint density at radius 2 is 1.47 bits per heavy atom. The molecule has 1 aliphatic carbocycles. The summed E-state index contributed by atoms with van der Waals surface area (Å²) < 4.78 is 0. The average molecular weight is 278 g/mol. The third-order valence-corrected chi connectivity index (χ3v) is 4.55. The van der Waals surface area contributed by atoms with E-state index in [1.54, 1.807) is 24.3 Å². The highest BCUT2D eigenvalue weighted by Gasteiger charge is 2.45. The number of piperidine rings is 1. The smallest absolute Gasteiger partial charge is 0.234 e. The van der Waals surface area contributed by atoms with Crippen molar-refractivity contribution in [3.05, 3.63) is 29.3 Å². The largest absolute Gasteiger partial charge is 0.274 e. The molecule has 1 heterocycles. The summed E-state index contributed by atoms with van der Waals surface area (Å²) in [6, 6.07) is 6.87. The third-order valence-electron chi connectivity index (χ3n) is 4.30. The Kier molecular flexibility index (Phi) is 3.09. The minimum atomic E-state index is -0.0690. The molecule has 19 heavy (non-hydrogen) atoms. The number of hydrogen-bond acceptors (Lipinski definition) is 2. The zero-order valence-electron chi connectivity index (χ0n) is 10.7. The number of carbonyl (C=O) groups excluding carboxylic acids is 2. The molecule has 1 aromatic rings. The van der Waals surface area contributed by atoms with Crippen molar-refractivity contribution >= 4 is 29.1 Å². The molecule has 0 N–H and O–H groups in total. The van der Waals surface area contributed by atoms with Gasteiger partial charge < -0.3 is 0 Å². The number of halogens is 1. The minimum absolute atomic E-state index is 0.0446. The number of rotatable bonds is 1. The van der Waals surface area contributed by atoms with Crippen LogP contribution in [0.15, 0.2) is 24.3 Å². The lowest BCUT2D eigenvalue weighted by molar-refractivity contribution is -0.133. The van der Waals surface area contributed by atoms with Gasteiger partial charge in [0.1, 0.15) is 0 Å². The number of carbonyl (C=O) groups is 2. The summed E-state index contributed by atoms with van der Waals surface area (Å²) in [5.74, 6) is -0.138.